The van der Waals surface area contributed by atoms with Gasteiger partial charge in [0.2, 0.25) is 5.88 Å². The molecule has 2 aromatic rings. The average molecular weight is 371 g/mol. The lowest BCUT2D eigenvalue weighted by Crippen LogP contribution is -2.21. The SMILES string of the molecule is Cc1nn(C)c(OCC(F)(F)F)c1CNc1cnn(C2CCCC2)c1C. The number of nitrogens with one attached hydrogen (secondary N) is 1. The first-order valence-electron chi connectivity index (χ1n) is 8.76. The lowest BCUT2D eigenvalue weighted by atomic mass is 10.2. The molecule has 0 aromatic carbocycles. The normalized spacial score (nSPS) is 15.6. The molecule has 0 radical (unpaired) electrons. The van der Waals surface area contributed by atoms with Crippen molar-refractivity contribution < 1.29 is 17.9 Å². The van der Waals surface area contributed by atoms with E-state index in [2.05, 4.69) is 15.5 Å². The summed E-state index contributed by atoms with van der Waals surface area (Å²) in [4.78, 5) is 0. The third-order valence-electron chi connectivity index (χ3n) is 4.83. The number of aryl methyl sites for hydroxylation is 2. The highest BCUT2D eigenvalue weighted by molar-refractivity contribution is 5.47. The lowest BCUT2D eigenvalue weighted by molar-refractivity contribution is -0.154. The van der Waals surface area contributed by atoms with Crippen LogP contribution >= 0.6 is 0 Å². The number of hydrogen-bond donors (Lipinski definition) is 1. The van der Waals surface area contributed by atoms with Crippen molar-refractivity contribution in [1.82, 2.24) is 19.6 Å². The third kappa shape index (κ3) is 3.96. The van der Waals surface area contributed by atoms with E-state index in [4.69, 9.17) is 4.74 Å². The number of aromatic nitrogens is 4. The van der Waals surface area contributed by atoms with E-state index in [9.17, 15) is 13.2 Å². The molecule has 1 aliphatic carbocycles. The highest BCUT2D eigenvalue weighted by atomic mass is 19.4. The van der Waals surface area contributed by atoms with Gasteiger partial charge in [-0.15, -0.1) is 0 Å². The maximum Gasteiger partial charge on any atom is 0.422 e. The van der Waals surface area contributed by atoms with Gasteiger partial charge in [0.05, 0.1) is 34.9 Å². The van der Waals surface area contributed by atoms with Gasteiger partial charge in [0.15, 0.2) is 6.61 Å². The zero-order chi connectivity index (χ0) is 18.9. The van der Waals surface area contributed by atoms with Crippen molar-refractivity contribution in [2.75, 3.05) is 11.9 Å². The first kappa shape index (κ1) is 18.6. The number of halogens is 3. The predicted molar refractivity (Wildman–Crippen MR) is 91.3 cm³/mol. The highest BCUT2D eigenvalue weighted by Crippen LogP contribution is 2.32. The van der Waals surface area contributed by atoms with Crippen LogP contribution in [0, 0.1) is 13.8 Å². The molecule has 2 aromatic heterocycles. The van der Waals surface area contributed by atoms with Crippen LogP contribution < -0.4 is 10.1 Å². The van der Waals surface area contributed by atoms with Crippen LogP contribution in [-0.2, 0) is 13.6 Å². The fourth-order valence-corrected chi connectivity index (χ4v) is 3.51. The molecule has 0 bridgehead atoms. The van der Waals surface area contributed by atoms with E-state index in [1.807, 2.05) is 11.6 Å². The summed E-state index contributed by atoms with van der Waals surface area (Å²) in [5.41, 5.74) is 3.17. The molecule has 0 spiro atoms. The Kier molecular flexibility index (Phi) is 5.15. The van der Waals surface area contributed by atoms with E-state index in [1.165, 1.54) is 17.5 Å². The Morgan fingerprint density at radius 3 is 2.62 bits per heavy atom. The number of nitrogens with zero attached hydrogens (tertiary/aromatic N) is 4. The van der Waals surface area contributed by atoms with E-state index in [-0.39, 0.29) is 5.88 Å². The van der Waals surface area contributed by atoms with Gasteiger partial charge in [0, 0.05) is 13.6 Å². The number of hydrogen-bond acceptors (Lipinski definition) is 4. The van der Waals surface area contributed by atoms with Crippen LogP contribution in [0.25, 0.3) is 0 Å². The van der Waals surface area contributed by atoms with Crippen molar-refractivity contribution in [3.8, 4) is 5.88 Å². The van der Waals surface area contributed by atoms with Crippen LogP contribution in [0.5, 0.6) is 5.88 Å². The lowest BCUT2D eigenvalue weighted by Gasteiger charge is -2.14. The van der Waals surface area contributed by atoms with Gasteiger partial charge in [-0.1, -0.05) is 12.8 Å². The van der Waals surface area contributed by atoms with Gasteiger partial charge in [0.1, 0.15) is 0 Å². The van der Waals surface area contributed by atoms with Crippen molar-refractivity contribution >= 4 is 5.69 Å². The van der Waals surface area contributed by atoms with E-state index in [0.717, 1.165) is 24.2 Å². The van der Waals surface area contributed by atoms with Gasteiger partial charge in [-0.05, 0) is 26.7 Å². The van der Waals surface area contributed by atoms with Crippen LogP contribution in [0.4, 0.5) is 18.9 Å². The highest BCUT2D eigenvalue weighted by Gasteiger charge is 2.30. The molecular weight excluding hydrogens is 347 g/mol. The van der Waals surface area contributed by atoms with E-state index in [1.54, 1.807) is 20.2 Å². The number of rotatable bonds is 6. The van der Waals surface area contributed by atoms with Crippen molar-refractivity contribution in [3.05, 3.63) is 23.1 Å². The fraction of sp³-hybridized carbons (Fsp3) is 0.647. The molecule has 6 nitrogen and oxygen atoms in total. The molecule has 0 unspecified atom stereocenters. The quantitative estimate of drug-likeness (QED) is 0.837. The van der Waals surface area contributed by atoms with Crippen LogP contribution in [0.2, 0.25) is 0 Å². The molecule has 1 fully saturated rings. The summed E-state index contributed by atoms with van der Waals surface area (Å²) in [6, 6.07) is 0.441. The Morgan fingerprint density at radius 2 is 1.96 bits per heavy atom. The zero-order valence-electron chi connectivity index (χ0n) is 15.2. The Labute approximate surface area is 150 Å². The summed E-state index contributed by atoms with van der Waals surface area (Å²) in [5.74, 6) is 0.133. The van der Waals surface area contributed by atoms with Crippen molar-refractivity contribution in [2.24, 2.45) is 7.05 Å². The molecule has 9 heteroatoms. The molecule has 0 atom stereocenters. The minimum atomic E-state index is -4.39. The van der Waals surface area contributed by atoms with Crippen molar-refractivity contribution in [1.29, 1.82) is 0 Å². The second kappa shape index (κ2) is 7.20. The third-order valence-corrected chi connectivity index (χ3v) is 4.83. The second-order valence-corrected chi connectivity index (χ2v) is 6.78. The zero-order valence-corrected chi connectivity index (χ0v) is 15.2. The van der Waals surface area contributed by atoms with Crippen LogP contribution in [0.3, 0.4) is 0 Å². The first-order chi connectivity index (χ1) is 12.3. The molecule has 3 rings (SSSR count). The standard InChI is InChI=1S/C17H24F3N5O/c1-11-14(16(24(3)23-11)26-10-17(18,19)20)8-21-15-9-22-25(12(15)2)13-6-4-5-7-13/h9,13,21H,4-8,10H2,1-3H3. The van der Waals surface area contributed by atoms with Gasteiger partial charge >= 0.3 is 6.18 Å². The van der Waals surface area contributed by atoms with Gasteiger partial charge in [0.25, 0.3) is 0 Å². The minimum absolute atomic E-state index is 0.133. The van der Waals surface area contributed by atoms with Gasteiger partial charge in [-0.2, -0.15) is 23.4 Å². The van der Waals surface area contributed by atoms with Crippen molar-refractivity contribution in [2.45, 2.75) is 58.3 Å². The monoisotopic (exact) mass is 371 g/mol. The van der Waals surface area contributed by atoms with Crippen molar-refractivity contribution in [3.63, 3.8) is 0 Å². The van der Waals surface area contributed by atoms with Gasteiger partial charge in [-0.25, -0.2) is 4.68 Å². The maximum absolute atomic E-state index is 12.5. The summed E-state index contributed by atoms with van der Waals surface area (Å²) in [6.45, 7) is 2.75. The molecule has 0 aliphatic heterocycles. The summed E-state index contributed by atoms with van der Waals surface area (Å²) < 4.78 is 45.8. The molecule has 1 N–H and O–H groups in total. The Hall–Kier alpha value is -2.19. The molecule has 1 saturated carbocycles. The van der Waals surface area contributed by atoms with Crippen LogP contribution in [0.1, 0.15) is 48.7 Å². The molecular formula is C17H24F3N5O. The number of anilines is 1. The molecule has 1 aliphatic rings. The second-order valence-electron chi connectivity index (χ2n) is 6.78. The average Bonchev–Trinajstić information content (AvgIpc) is 3.24. The first-order valence-corrected chi connectivity index (χ1v) is 8.76. The minimum Gasteiger partial charge on any atom is -0.468 e. The maximum atomic E-state index is 12.5. The van der Waals surface area contributed by atoms with Gasteiger partial charge in [-0.3, -0.25) is 4.68 Å². The Balaban J connectivity index is 1.72. The predicted octanol–water partition coefficient (Wildman–Crippen LogP) is 3.90. The number of ether oxygens (including phenoxy) is 1. The van der Waals surface area contributed by atoms with Crippen LogP contribution in [-0.4, -0.2) is 32.3 Å². The Morgan fingerprint density at radius 1 is 1.27 bits per heavy atom. The van der Waals surface area contributed by atoms with Crippen LogP contribution in [0.15, 0.2) is 6.20 Å². The molecule has 144 valence electrons. The van der Waals surface area contributed by atoms with E-state index >= 15 is 0 Å². The summed E-state index contributed by atoms with van der Waals surface area (Å²) in [7, 11) is 1.57. The van der Waals surface area contributed by atoms with E-state index < -0.39 is 12.8 Å². The fourth-order valence-electron chi connectivity index (χ4n) is 3.51. The number of alkyl halides is 3. The van der Waals surface area contributed by atoms with Gasteiger partial charge < -0.3 is 10.1 Å². The smallest absolute Gasteiger partial charge is 0.422 e. The summed E-state index contributed by atoms with van der Waals surface area (Å²) >= 11 is 0. The molecule has 26 heavy (non-hydrogen) atoms. The molecule has 0 amide bonds. The summed E-state index contributed by atoms with van der Waals surface area (Å²) in [6.07, 6.45) is 2.11. The topological polar surface area (TPSA) is 56.9 Å². The largest absolute Gasteiger partial charge is 0.468 e. The molecule has 2 heterocycles. The molecule has 0 saturated heterocycles. The Bertz CT molecular complexity index is 759. The van der Waals surface area contributed by atoms with E-state index in [0.29, 0.717) is 23.8 Å². The summed E-state index contributed by atoms with van der Waals surface area (Å²) in [5, 5.41) is 11.9.